The van der Waals surface area contributed by atoms with E-state index in [1.807, 2.05) is 0 Å². The van der Waals surface area contributed by atoms with Crippen LogP contribution in [-0.2, 0) is 19.6 Å². The Morgan fingerprint density at radius 3 is 2.28 bits per heavy atom. The van der Waals surface area contributed by atoms with E-state index in [0.29, 0.717) is 24.3 Å². The van der Waals surface area contributed by atoms with E-state index < -0.39 is 27.7 Å². The molecule has 0 aliphatic carbocycles. The Morgan fingerprint density at radius 1 is 1.03 bits per heavy atom. The van der Waals surface area contributed by atoms with E-state index >= 15 is 0 Å². The van der Waals surface area contributed by atoms with E-state index in [2.05, 4.69) is 5.32 Å². The predicted octanol–water partition coefficient (Wildman–Crippen LogP) is 1.99. The SMILES string of the molecule is O=C(CCN1C(=O)c2ccccc2C1=O)Nc1ccc(Cl)c(S(=O)(=O)N2CCOCC2)c1. The fourth-order valence-electron chi connectivity index (χ4n) is 3.58. The van der Waals surface area contributed by atoms with Gasteiger partial charge in [0, 0.05) is 31.7 Å². The third-order valence-corrected chi connectivity index (χ3v) is 7.62. The highest BCUT2D eigenvalue weighted by Gasteiger charge is 2.35. The summed E-state index contributed by atoms with van der Waals surface area (Å²) in [7, 11) is -3.85. The van der Waals surface area contributed by atoms with E-state index in [-0.39, 0.29) is 41.7 Å². The Morgan fingerprint density at radius 2 is 1.66 bits per heavy atom. The number of imide groups is 1. The van der Waals surface area contributed by atoms with E-state index in [9.17, 15) is 22.8 Å². The van der Waals surface area contributed by atoms with Crippen molar-refractivity contribution in [2.24, 2.45) is 0 Å². The van der Waals surface area contributed by atoms with E-state index in [4.69, 9.17) is 16.3 Å². The zero-order valence-electron chi connectivity index (χ0n) is 16.9. The number of fused-ring (bicyclic) bond motifs is 1. The first-order valence-corrected chi connectivity index (χ1v) is 11.7. The number of rotatable bonds is 6. The summed E-state index contributed by atoms with van der Waals surface area (Å²) in [6, 6.07) is 10.7. The second-order valence-corrected chi connectivity index (χ2v) is 9.58. The maximum absolute atomic E-state index is 12.9. The molecule has 9 nitrogen and oxygen atoms in total. The number of hydrogen-bond acceptors (Lipinski definition) is 6. The van der Waals surface area contributed by atoms with Gasteiger partial charge in [0.15, 0.2) is 0 Å². The number of amides is 3. The first-order chi connectivity index (χ1) is 15.3. The molecule has 0 atom stereocenters. The number of ether oxygens (including phenoxy) is 1. The highest BCUT2D eigenvalue weighted by atomic mass is 35.5. The first kappa shape index (κ1) is 22.4. The molecule has 2 heterocycles. The monoisotopic (exact) mass is 477 g/mol. The average Bonchev–Trinajstić information content (AvgIpc) is 3.04. The molecule has 0 aromatic heterocycles. The minimum atomic E-state index is -3.85. The van der Waals surface area contributed by atoms with Crippen molar-refractivity contribution in [3.05, 3.63) is 58.6 Å². The fourth-order valence-corrected chi connectivity index (χ4v) is 5.49. The van der Waals surface area contributed by atoms with Gasteiger partial charge in [0.05, 0.1) is 29.4 Å². The number of sulfonamides is 1. The number of anilines is 1. The Balaban J connectivity index is 1.43. The molecule has 2 aromatic rings. The number of benzene rings is 2. The number of hydrogen-bond donors (Lipinski definition) is 1. The van der Waals surface area contributed by atoms with Gasteiger partial charge in [0.25, 0.3) is 11.8 Å². The van der Waals surface area contributed by atoms with Crippen molar-refractivity contribution in [1.29, 1.82) is 0 Å². The minimum Gasteiger partial charge on any atom is -0.379 e. The second-order valence-electron chi connectivity index (χ2n) is 7.27. The van der Waals surface area contributed by atoms with Crippen LogP contribution in [0.4, 0.5) is 5.69 Å². The van der Waals surface area contributed by atoms with Crippen LogP contribution < -0.4 is 5.32 Å². The van der Waals surface area contributed by atoms with Crippen molar-refractivity contribution in [2.75, 3.05) is 38.2 Å². The molecular weight excluding hydrogens is 458 g/mol. The zero-order chi connectivity index (χ0) is 22.9. The molecule has 2 aromatic carbocycles. The maximum atomic E-state index is 12.9. The number of nitrogens with one attached hydrogen (secondary N) is 1. The van der Waals surface area contributed by atoms with Gasteiger partial charge in [0.1, 0.15) is 4.90 Å². The average molecular weight is 478 g/mol. The Bertz CT molecular complexity index is 1160. The molecule has 0 spiro atoms. The van der Waals surface area contributed by atoms with E-state index in [0.717, 1.165) is 4.90 Å². The van der Waals surface area contributed by atoms with Gasteiger partial charge in [-0.3, -0.25) is 19.3 Å². The summed E-state index contributed by atoms with van der Waals surface area (Å²) in [5, 5.41) is 2.65. The molecule has 1 fully saturated rings. The molecule has 1 N–H and O–H groups in total. The van der Waals surface area contributed by atoms with Gasteiger partial charge >= 0.3 is 0 Å². The quantitative estimate of drug-likeness (QED) is 0.636. The van der Waals surface area contributed by atoms with Gasteiger partial charge in [-0.05, 0) is 30.3 Å². The predicted molar refractivity (Wildman–Crippen MR) is 116 cm³/mol. The molecule has 3 amide bonds. The van der Waals surface area contributed by atoms with Crippen molar-refractivity contribution in [3.8, 4) is 0 Å². The molecule has 11 heteroatoms. The van der Waals surface area contributed by atoms with Crippen LogP contribution >= 0.6 is 11.6 Å². The van der Waals surface area contributed by atoms with Crippen LogP contribution in [0.2, 0.25) is 5.02 Å². The van der Waals surface area contributed by atoms with Gasteiger partial charge in [-0.1, -0.05) is 23.7 Å². The van der Waals surface area contributed by atoms with Crippen molar-refractivity contribution < 1.29 is 27.5 Å². The van der Waals surface area contributed by atoms with Crippen molar-refractivity contribution in [2.45, 2.75) is 11.3 Å². The lowest BCUT2D eigenvalue weighted by Crippen LogP contribution is -2.40. The van der Waals surface area contributed by atoms with Crippen LogP contribution in [0.25, 0.3) is 0 Å². The smallest absolute Gasteiger partial charge is 0.261 e. The fraction of sp³-hybridized carbons (Fsp3) is 0.286. The highest BCUT2D eigenvalue weighted by Crippen LogP contribution is 2.28. The second kappa shape index (κ2) is 8.99. The summed E-state index contributed by atoms with van der Waals surface area (Å²) >= 11 is 6.13. The van der Waals surface area contributed by atoms with Crippen LogP contribution in [0.5, 0.6) is 0 Å². The van der Waals surface area contributed by atoms with Crippen LogP contribution in [0.3, 0.4) is 0 Å². The molecule has 1 saturated heterocycles. The number of carbonyl (C=O) groups is 3. The third kappa shape index (κ3) is 4.26. The number of carbonyl (C=O) groups excluding carboxylic acids is 3. The molecular formula is C21H20ClN3O6S. The minimum absolute atomic E-state index is 0.0421. The van der Waals surface area contributed by atoms with Gasteiger partial charge in [-0.15, -0.1) is 0 Å². The zero-order valence-corrected chi connectivity index (χ0v) is 18.5. The molecule has 2 aliphatic rings. The molecule has 0 saturated carbocycles. The summed E-state index contributed by atoms with van der Waals surface area (Å²) in [6.45, 7) is 0.936. The van der Waals surface area contributed by atoms with Crippen LogP contribution in [0, 0.1) is 0 Å². The number of nitrogens with zero attached hydrogens (tertiary/aromatic N) is 2. The molecule has 32 heavy (non-hydrogen) atoms. The van der Waals surface area contributed by atoms with E-state index in [1.54, 1.807) is 24.3 Å². The van der Waals surface area contributed by atoms with Crippen molar-refractivity contribution in [3.63, 3.8) is 0 Å². The van der Waals surface area contributed by atoms with E-state index in [1.165, 1.54) is 22.5 Å². The lowest BCUT2D eigenvalue weighted by molar-refractivity contribution is -0.116. The summed E-state index contributed by atoms with van der Waals surface area (Å²) in [5.41, 5.74) is 0.871. The maximum Gasteiger partial charge on any atom is 0.261 e. The summed E-state index contributed by atoms with van der Waals surface area (Å²) < 4.78 is 32.3. The largest absolute Gasteiger partial charge is 0.379 e. The normalized spacial score (nSPS) is 16.8. The topological polar surface area (TPSA) is 113 Å². The Labute approximate surface area is 189 Å². The molecule has 168 valence electrons. The van der Waals surface area contributed by atoms with Crippen molar-refractivity contribution >= 4 is 45.0 Å². The Kier molecular flexibility index (Phi) is 6.29. The van der Waals surface area contributed by atoms with Crippen LogP contribution in [0.1, 0.15) is 27.1 Å². The number of morpholine rings is 1. The van der Waals surface area contributed by atoms with Crippen LogP contribution in [0.15, 0.2) is 47.4 Å². The molecule has 2 aliphatic heterocycles. The third-order valence-electron chi connectivity index (χ3n) is 5.24. The number of halogens is 1. The highest BCUT2D eigenvalue weighted by molar-refractivity contribution is 7.89. The Hall–Kier alpha value is -2.79. The first-order valence-electron chi connectivity index (χ1n) is 9.91. The van der Waals surface area contributed by atoms with Gasteiger partial charge < -0.3 is 10.1 Å². The van der Waals surface area contributed by atoms with Gasteiger partial charge in [0.2, 0.25) is 15.9 Å². The van der Waals surface area contributed by atoms with Gasteiger partial charge in [-0.2, -0.15) is 4.31 Å². The molecule has 0 bridgehead atoms. The summed E-state index contributed by atoms with van der Waals surface area (Å²) in [4.78, 5) is 38.1. The van der Waals surface area contributed by atoms with Crippen LogP contribution in [-0.4, -0.2) is 68.2 Å². The van der Waals surface area contributed by atoms with Gasteiger partial charge in [-0.25, -0.2) is 8.42 Å². The summed E-state index contributed by atoms with van der Waals surface area (Å²) in [5.74, 6) is -1.36. The lowest BCUT2D eigenvalue weighted by atomic mass is 10.1. The molecule has 0 radical (unpaired) electrons. The molecule has 0 unspecified atom stereocenters. The summed E-state index contributed by atoms with van der Waals surface area (Å²) in [6.07, 6.45) is -0.139. The van der Waals surface area contributed by atoms with Crippen molar-refractivity contribution in [1.82, 2.24) is 9.21 Å². The standard InChI is InChI=1S/C21H20ClN3O6S/c22-17-6-5-14(13-18(17)32(29,30)24-9-11-31-12-10-24)23-19(26)7-8-25-20(27)15-3-1-2-4-16(15)21(25)28/h1-6,13H,7-12H2,(H,23,26). The lowest BCUT2D eigenvalue weighted by Gasteiger charge is -2.26. The molecule has 4 rings (SSSR count).